The summed E-state index contributed by atoms with van der Waals surface area (Å²) in [5.41, 5.74) is 0.373. The summed E-state index contributed by atoms with van der Waals surface area (Å²) in [5.74, 6) is -1.07. The van der Waals surface area contributed by atoms with Gasteiger partial charge >= 0.3 is 7.12 Å². The Labute approximate surface area is 97.0 Å². The molecule has 7 heteroatoms. The van der Waals surface area contributed by atoms with Crippen LogP contribution in [-0.2, 0) is 9.55 Å². The maximum absolute atomic E-state index is 13.9. The Kier molecular flexibility index (Phi) is 3.10. The van der Waals surface area contributed by atoms with E-state index >= 15 is 0 Å². The van der Waals surface area contributed by atoms with E-state index in [1.807, 2.05) is 0 Å². The molecule has 0 saturated heterocycles. The van der Waals surface area contributed by atoms with Crippen LogP contribution in [0.4, 0.5) is 4.39 Å². The molecule has 0 fully saturated rings. The average Bonchev–Trinajstić information content (AvgIpc) is 2.28. The van der Waals surface area contributed by atoms with Crippen molar-refractivity contribution >= 4 is 24.6 Å². The number of nitrogens with zero attached hydrogens (tertiary/aromatic N) is 1. The van der Waals surface area contributed by atoms with Crippen LogP contribution in [-0.4, -0.2) is 30.7 Å². The van der Waals surface area contributed by atoms with Crippen molar-refractivity contribution in [2.45, 2.75) is 6.92 Å². The molecule has 0 aliphatic carbocycles. The van der Waals surface area contributed by atoms with E-state index in [1.54, 1.807) is 0 Å². The van der Waals surface area contributed by atoms with Crippen LogP contribution in [0.2, 0.25) is 0 Å². The molecule has 1 heterocycles. The highest BCUT2D eigenvalue weighted by atomic mass is 19.1. The number of rotatable bonds is 3. The Morgan fingerprint density at radius 1 is 1.65 bits per heavy atom. The van der Waals surface area contributed by atoms with Crippen molar-refractivity contribution in [1.29, 1.82) is 0 Å². The predicted molar refractivity (Wildman–Crippen MR) is 58.9 cm³/mol. The van der Waals surface area contributed by atoms with E-state index in [4.69, 9.17) is 4.74 Å². The first-order valence-electron chi connectivity index (χ1n) is 4.91. The van der Waals surface area contributed by atoms with Crippen LogP contribution < -0.4 is 10.2 Å². The summed E-state index contributed by atoms with van der Waals surface area (Å²) in [4.78, 5) is 10.7. The number of benzene rings is 1. The van der Waals surface area contributed by atoms with Gasteiger partial charge in [-0.25, -0.2) is 4.39 Å². The first-order valence-corrected chi connectivity index (χ1v) is 4.91. The number of oxime groups is 1. The minimum absolute atomic E-state index is 0.0407. The second-order valence-corrected chi connectivity index (χ2v) is 3.56. The molecule has 1 aliphatic heterocycles. The first-order chi connectivity index (χ1) is 8.09. The van der Waals surface area contributed by atoms with Crippen LogP contribution in [0.25, 0.3) is 0 Å². The number of ketones is 1. The number of carbonyl (C=O) groups is 1. The maximum Gasteiger partial charge on any atom is 0.586 e. The van der Waals surface area contributed by atoms with Crippen molar-refractivity contribution in [3.8, 4) is 5.75 Å². The molecule has 88 valence electrons. The van der Waals surface area contributed by atoms with Crippen LogP contribution in [0.15, 0.2) is 17.3 Å². The molecule has 17 heavy (non-hydrogen) atoms. The molecule has 0 unspecified atom stereocenters. The number of hydrogen-bond donors (Lipinski definition) is 1. The van der Waals surface area contributed by atoms with E-state index in [-0.39, 0.29) is 23.6 Å². The van der Waals surface area contributed by atoms with Crippen molar-refractivity contribution in [1.82, 2.24) is 0 Å². The minimum atomic E-state index is -1.46. The summed E-state index contributed by atoms with van der Waals surface area (Å²) < 4.78 is 23.4. The molecule has 0 spiro atoms. The highest BCUT2D eigenvalue weighted by molar-refractivity contribution is 6.62. The third kappa shape index (κ3) is 2.28. The molecular weight excluding hydrogens is 228 g/mol. The average molecular weight is 237 g/mol. The summed E-state index contributed by atoms with van der Waals surface area (Å²) in [6.07, 6.45) is 1.29. The Hall–Kier alpha value is -1.89. The third-order valence-corrected chi connectivity index (χ3v) is 2.21. The standard InChI is InChI=1S/C10H9BFNO4/c1-6(14)5-16-8-3-2-7-4-13-17-11(15)9(7)10(8)12/h2-4,15H,5H2,1H3. The van der Waals surface area contributed by atoms with Crippen LogP contribution in [0.5, 0.6) is 5.75 Å². The summed E-state index contributed by atoms with van der Waals surface area (Å²) >= 11 is 0. The van der Waals surface area contributed by atoms with E-state index in [2.05, 4.69) is 9.91 Å². The monoisotopic (exact) mass is 237 g/mol. The van der Waals surface area contributed by atoms with Crippen molar-refractivity contribution in [2.24, 2.45) is 5.16 Å². The number of ether oxygens (including phenoxy) is 1. The van der Waals surface area contributed by atoms with Crippen molar-refractivity contribution in [3.05, 3.63) is 23.5 Å². The lowest BCUT2D eigenvalue weighted by atomic mass is 9.75. The van der Waals surface area contributed by atoms with Gasteiger partial charge in [0.05, 0.1) is 6.21 Å². The summed E-state index contributed by atoms with van der Waals surface area (Å²) in [7, 11) is -1.46. The number of Topliss-reactive ketones (excluding diaryl/α,β-unsaturated/α-hetero) is 1. The molecule has 1 aliphatic rings. The van der Waals surface area contributed by atoms with E-state index < -0.39 is 12.9 Å². The van der Waals surface area contributed by atoms with Crippen LogP contribution in [0, 0.1) is 5.82 Å². The number of hydrogen-bond acceptors (Lipinski definition) is 5. The zero-order valence-electron chi connectivity index (χ0n) is 9.01. The molecule has 0 bridgehead atoms. The Morgan fingerprint density at radius 3 is 3.12 bits per heavy atom. The van der Waals surface area contributed by atoms with Crippen molar-refractivity contribution < 1.29 is 23.7 Å². The fraction of sp³-hybridized carbons (Fsp3) is 0.200. The first kappa shape index (κ1) is 11.6. The van der Waals surface area contributed by atoms with Crippen LogP contribution in [0.3, 0.4) is 0 Å². The SMILES string of the molecule is CC(=O)COc1ccc2c(c1F)B(O)ON=C2. The summed E-state index contributed by atoms with van der Waals surface area (Å²) in [6, 6.07) is 2.91. The van der Waals surface area contributed by atoms with Crippen molar-refractivity contribution in [2.75, 3.05) is 6.61 Å². The Balaban J connectivity index is 2.34. The number of fused-ring (bicyclic) bond motifs is 1. The second-order valence-electron chi connectivity index (χ2n) is 3.56. The zero-order valence-corrected chi connectivity index (χ0v) is 9.01. The predicted octanol–water partition coefficient (Wildman–Crippen LogP) is -0.155. The minimum Gasteiger partial charge on any atom is -0.483 e. The van der Waals surface area contributed by atoms with Gasteiger partial charge in [-0.1, -0.05) is 0 Å². The molecule has 1 N–H and O–H groups in total. The van der Waals surface area contributed by atoms with Gasteiger partial charge in [-0.3, -0.25) is 4.79 Å². The van der Waals surface area contributed by atoms with Gasteiger partial charge in [0, 0.05) is 11.0 Å². The molecule has 5 nitrogen and oxygen atoms in total. The topological polar surface area (TPSA) is 68.1 Å². The highest BCUT2D eigenvalue weighted by Gasteiger charge is 2.31. The van der Waals surface area contributed by atoms with E-state index in [0.717, 1.165) is 0 Å². The highest BCUT2D eigenvalue weighted by Crippen LogP contribution is 2.18. The Morgan fingerprint density at radius 2 is 2.41 bits per heavy atom. The van der Waals surface area contributed by atoms with Crippen LogP contribution in [0.1, 0.15) is 12.5 Å². The number of halogens is 1. The van der Waals surface area contributed by atoms with Gasteiger partial charge in [-0.2, -0.15) is 0 Å². The lowest BCUT2D eigenvalue weighted by Gasteiger charge is -2.15. The summed E-state index contributed by atoms with van der Waals surface area (Å²) in [5, 5.41) is 12.9. The van der Waals surface area contributed by atoms with E-state index in [9.17, 15) is 14.2 Å². The fourth-order valence-electron chi connectivity index (χ4n) is 1.44. The molecule has 0 radical (unpaired) electrons. The maximum atomic E-state index is 13.9. The third-order valence-electron chi connectivity index (χ3n) is 2.21. The lowest BCUT2D eigenvalue weighted by molar-refractivity contribution is -0.118. The van der Waals surface area contributed by atoms with Crippen molar-refractivity contribution in [3.63, 3.8) is 0 Å². The van der Waals surface area contributed by atoms with Crippen LogP contribution >= 0.6 is 0 Å². The lowest BCUT2D eigenvalue weighted by Crippen LogP contribution is -2.40. The van der Waals surface area contributed by atoms with E-state index in [1.165, 1.54) is 25.3 Å². The normalized spacial score (nSPS) is 13.0. The van der Waals surface area contributed by atoms with Gasteiger partial charge in [-0.05, 0) is 19.1 Å². The molecule has 0 aromatic heterocycles. The molecule has 1 aromatic rings. The molecule has 0 amide bonds. The number of carbonyl (C=O) groups excluding carboxylic acids is 1. The molecule has 0 atom stereocenters. The quantitative estimate of drug-likeness (QED) is 0.742. The van der Waals surface area contributed by atoms with Gasteiger partial charge in [0.1, 0.15) is 6.61 Å². The molecule has 2 rings (SSSR count). The van der Waals surface area contributed by atoms with Gasteiger partial charge < -0.3 is 14.5 Å². The largest absolute Gasteiger partial charge is 0.586 e. The van der Waals surface area contributed by atoms with Gasteiger partial charge in [0.15, 0.2) is 17.3 Å². The van der Waals surface area contributed by atoms with Gasteiger partial charge in [-0.15, -0.1) is 5.16 Å². The summed E-state index contributed by atoms with van der Waals surface area (Å²) in [6.45, 7) is 1.11. The fourth-order valence-corrected chi connectivity index (χ4v) is 1.44. The van der Waals surface area contributed by atoms with E-state index in [0.29, 0.717) is 5.56 Å². The zero-order chi connectivity index (χ0) is 12.4. The Bertz CT molecular complexity index is 491. The second kappa shape index (κ2) is 4.54. The molecule has 0 saturated carbocycles. The smallest absolute Gasteiger partial charge is 0.483 e. The molecular formula is C10H9BFNO4. The van der Waals surface area contributed by atoms with Gasteiger partial charge in [0.25, 0.3) is 0 Å². The van der Waals surface area contributed by atoms with Gasteiger partial charge in [0.2, 0.25) is 0 Å². The molecule has 1 aromatic carbocycles.